The van der Waals surface area contributed by atoms with E-state index in [0.29, 0.717) is 30.2 Å². The molecular weight excluding hydrogens is 364 g/mol. The van der Waals surface area contributed by atoms with Crippen molar-refractivity contribution in [2.45, 2.75) is 64.6 Å². The van der Waals surface area contributed by atoms with E-state index in [1.54, 1.807) is 22.2 Å². The zero-order valence-corrected chi connectivity index (χ0v) is 17.3. The summed E-state index contributed by atoms with van der Waals surface area (Å²) in [6.07, 6.45) is 2.48. The van der Waals surface area contributed by atoms with Crippen molar-refractivity contribution in [3.63, 3.8) is 0 Å². The van der Waals surface area contributed by atoms with Gasteiger partial charge in [-0.15, -0.1) is 0 Å². The van der Waals surface area contributed by atoms with Crippen molar-refractivity contribution in [2.24, 2.45) is 0 Å². The van der Waals surface area contributed by atoms with E-state index in [4.69, 9.17) is 0 Å². The van der Waals surface area contributed by atoms with E-state index in [1.807, 2.05) is 27.7 Å². The van der Waals surface area contributed by atoms with Crippen LogP contribution in [-0.4, -0.2) is 57.6 Å². The Hall–Kier alpha value is -2.00. The smallest absolute Gasteiger partial charge is 0.247 e. The fraction of sp³-hybridized carbons (Fsp3) is 0.611. The van der Waals surface area contributed by atoms with Crippen LogP contribution in [0.1, 0.15) is 36.0 Å². The highest BCUT2D eigenvalue weighted by atomic mass is 32.2. The summed E-state index contributed by atoms with van der Waals surface area (Å²) in [6.45, 7) is 11.6. The van der Waals surface area contributed by atoms with Crippen molar-refractivity contribution in [1.29, 1.82) is 0 Å². The van der Waals surface area contributed by atoms with Gasteiger partial charge in [-0.3, -0.25) is 4.68 Å². The summed E-state index contributed by atoms with van der Waals surface area (Å²) in [5.74, 6) is 0.917. The Morgan fingerprint density at radius 1 is 1.07 bits per heavy atom. The van der Waals surface area contributed by atoms with Gasteiger partial charge in [0, 0.05) is 43.0 Å². The Bertz CT molecular complexity index is 988. The summed E-state index contributed by atoms with van der Waals surface area (Å²) >= 11 is 0. The van der Waals surface area contributed by atoms with Crippen molar-refractivity contribution in [1.82, 2.24) is 24.1 Å². The van der Waals surface area contributed by atoms with Gasteiger partial charge in [0.1, 0.15) is 17.0 Å². The van der Waals surface area contributed by atoms with Crippen LogP contribution in [0, 0.1) is 27.7 Å². The second-order valence-electron chi connectivity index (χ2n) is 7.51. The zero-order chi connectivity index (χ0) is 19.5. The standard InChI is InChI=1S/C18H26N6O2S/c1-6-23-14(5)17(13(4)21-23)27(25,26)24-15-7-16(24)9-22(8-15)18-11(2)12(3)19-10-20-18/h10,15-16H,6-9H2,1-5H3. The van der Waals surface area contributed by atoms with E-state index in [1.165, 1.54) is 0 Å². The maximum Gasteiger partial charge on any atom is 0.247 e. The number of aromatic nitrogens is 4. The Labute approximate surface area is 160 Å². The van der Waals surface area contributed by atoms with Gasteiger partial charge in [-0.1, -0.05) is 0 Å². The van der Waals surface area contributed by atoms with Gasteiger partial charge in [0.25, 0.3) is 0 Å². The molecule has 0 radical (unpaired) electrons. The van der Waals surface area contributed by atoms with Crippen LogP contribution in [-0.2, 0) is 16.6 Å². The molecule has 0 aliphatic carbocycles. The van der Waals surface area contributed by atoms with Crippen molar-refractivity contribution >= 4 is 15.8 Å². The lowest BCUT2D eigenvalue weighted by Crippen LogP contribution is -2.70. The van der Waals surface area contributed by atoms with Crippen LogP contribution in [0.15, 0.2) is 11.2 Å². The van der Waals surface area contributed by atoms with Crippen LogP contribution in [0.2, 0.25) is 0 Å². The number of aryl methyl sites for hydroxylation is 3. The second kappa shape index (κ2) is 6.27. The largest absolute Gasteiger partial charge is 0.353 e. The highest BCUT2D eigenvalue weighted by molar-refractivity contribution is 7.89. The quantitative estimate of drug-likeness (QED) is 0.788. The van der Waals surface area contributed by atoms with Crippen LogP contribution in [0.5, 0.6) is 0 Å². The normalized spacial score (nSPS) is 22.8. The summed E-state index contributed by atoms with van der Waals surface area (Å²) in [7, 11) is -3.55. The molecule has 3 aliphatic heterocycles. The first-order valence-electron chi connectivity index (χ1n) is 9.36. The van der Waals surface area contributed by atoms with Crippen molar-refractivity contribution < 1.29 is 8.42 Å². The Kier molecular flexibility index (Phi) is 4.27. The van der Waals surface area contributed by atoms with Gasteiger partial charge >= 0.3 is 0 Å². The van der Waals surface area contributed by atoms with Crippen LogP contribution in [0.25, 0.3) is 0 Å². The van der Waals surface area contributed by atoms with Gasteiger partial charge in [-0.05, 0) is 41.0 Å². The Morgan fingerprint density at radius 2 is 1.74 bits per heavy atom. The van der Waals surface area contributed by atoms with Crippen LogP contribution < -0.4 is 4.90 Å². The number of piperazine rings is 1. The SMILES string of the molecule is CCn1nc(C)c(S(=O)(=O)N2C3CC2CN(c2ncnc(C)c2C)C3)c1C. The predicted octanol–water partition coefficient (Wildman–Crippen LogP) is 1.58. The number of hydrogen-bond acceptors (Lipinski definition) is 6. The van der Waals surface area contributed by atoms with E-state index in [-0.39, 0.29) is 12.1 Å². The number of rotatable bonds is 4. The van der Waals surface area contributed by atoms with Gasteiger partial charge in [0.15, 0.2) is 0 Å². The number of hydrogen-bond donors (Lipinski definition) is 0. The average Bonchev–Trinajstić information content (AvgIpc) is 2.91. The highest BCUT2D eigenvalue weighted by Gasteiger charge is 2.52. The maximum absolute atomic E-state index is 13.4. The first kappa shape index (κ1) is 18.4. The fourth-order valence-electron chi connectivity index (χ4n) is 4.45. The molecule has 3 saturated heterocycles. The number of anilines is 1. The molecule has 2 aromatic heterocycles. The van der Waals surface area contributed by atoms with E-state index < -0.39 is 10.0 Å². The van der Waals surface area contributed by atoms with Crippen molar-refractivity contribution in [3.05, 3.63) is 29.0 Å². The third kappa shape index (κ3) is 2.67. The van der Waals surface area contributed by atoms with Gasteiger partial charge in [0.2, 0.25) is 10.0 Å². The van der Waals surface area contributed by atoms with Crippen LogP contribution in [0.4, 0.5) is 5.82 Å². The Morgan fingerprint density at radius 3 is 2.33 bits per heavy atom. The molecule has 0 amide bonds. The van der Waals surface area contributed by atoms with E-state index >= 15 is 0 Å². The molecule has 2 bridgehead atoms. The summed E-state index contributed by atoms with van der Waals surface area (Å²) in [5.41, 5.74) is 3.32. The summed E-state index contributed by atoms with van der Waals surface area (Å²) in [4.78, 5) is 11.2. The molecule has 2 unspecified atom stereocenters. The topological polar surface area (TPSA) is 84.2 Å². The predicted molar refractivity (Wildman–Crippen MR) is 102 cm³/mol. The second-order valence-corrected chi connectivity index (χ2v) is 9.29. The summed E-state index contributed by atoms with van der Waals surface area (Å²) in [5, 5.41) is 4.40. The number of fused-ring (bicyclic) bond motifs is 2. The molecule has 0 spiro atoms. The van der Waals surface area contributed by atoms with Gasteiger partial charge in [-0.2, -0.15) is 9.40 Å². The molecule has 2 aromatic rings. The molecule has 0 saturated carbocycles. The first-order valence-corrected chi connectivity index (χ1v) is 10.8. The van der Waals surface area contributed by atoms with Crippen molar-refractivity contribution in [2.75, 3.05) is 18.0 Å². The maximum atomic E-state index is 13.4. The van der Waals surface area contributed by atoms with E-state index in [2.05, 4.69) is 20.0 Å². The summed E-state index contributed by atoms with van der Waals surface area (Å²) < 4.78 is 30.2. The van der Waals surface area contributed by atoms with Gasteiger partial charge in [0.05, 0.1) is 11.4 Å². The minimum atomic E-state index is -3.55. The number of sulfonamides is 1. The summed E-state index contributed by atoms with van der Waals surface area (Å²) in [6, 6.07) is -0.0422. The van der Waals surface area contributed by atoms with Crippen molar-refractivity contribution in [3.8, 4) is 0 Å². The lowest BCUT2D eigenvalue weighted by atomic mass is 9.91. The van der Waals surface area contributed by atoms with E-state index in [9.17, 15) is 8.42 Å². The van der Waals surface area contributed by atoms with Crippen LogP contribution >= 0.6 is 0 Å². The van der Waals surface area contributed by atoms with Gasteiger partial charge < -0.3 is 4.90 Å². The average molecular weight is 391 g/mol. The molecule has 9 heteroatoms. The minimum Gasteiger partial charge on any atom is -0.353 e. The molecule has 146 valence electrons. The molecule has 3 aliphatic rings. The highest BCUT2D eigenvalue weighted by Crippen LogP contribution is 2.40. The van der Waals surface area contributed by atoms with E-state index in [0.717, 1.165) is 29.2 Å². The molecule has 2 atom stereocenters. The first-order chi connectivity index (χ1) is 12.8. The molecule has 5 rings (SSSR count). The molecule has 8 nitrogen and oxygen atoms in total. The zero-order valence-electron chi connectivity index (χ0n) is 16.5. The molecule has 5 heterocycles. The Balaban J connectivity index is 1.62. The number of nitrogens with zero attached hydrogens (tertiary/aromatic N) is 6. The lowest BCUT2D eigenvalue weighted by Gasteiger charge is -2.55. The fourth-order valence-corrected chi connectivity index (χ4v) is 6.65. The molecule has 3 fully saturated rings. The minimum absolute atomic E-state index is 0.0211. The third-order valence-electron chi connectivity index (χ3n) is 5.89. The molecular formula is C18H26N6O2S. The van der Waals surface area contributed by atoms with Gasteiger partial charge in [-0.25, -0.2) is 18.4 Å². The lowest BCUT2D eigenvalue weighted by molar-refractivity contribution is 0.0873. The third-order valence-corrected chi connectivity index (χ3v) is 8.14. The molecule has 0 aromatic carbocycles. The molecule has 0 N–H and O–H groups in total. The number of piperidine rings is 1. The van der Waals surface area contributed by atoms with Crippen LogP contribution in [0.3, 0.4) is 0 Å². The monoisotopic (exact) mass is 390 g/mol. The molecule has 27 heavy (non-hydrogen) atoms.